The van der Waals surface area contributed by atoms with Crippen molar-refractivity contribution >= 4 is 5.97 Å². The fraction of sp³-hybridized carbons (Fsp3) is 0.842. The lowest BCUT2D eigenvalue weighted by molar-refractivity contribution is -0.150. The molecule has 0 radical (unpaired) electrons. The number of carbonyl (C=O) groups is 1. The molecule has 0 heterocycles. The summed E-state index contributed by atoms with van der Waals surface area (Å²) in [5.41, 5.74) is 0. The zero-order valence-corrected chi connectivity index (χ0v) is 15.3. The predicted molar refractivity (Wildman–Crippen MR) is 94.4 cm³/mol. The SMILES string of the molecule is C=CC(=O)OC(C)C(O)COC(CC)CCCCCCCCC. The van der Waals surface area contributed by atoms with Gasteiger partial charge in [-0.2, -0.15) is 0 Å². The lowest BCUT2D eigenvalue weighted by Crippen LogP contribution is -2.33. The van der Waals surface area contributed by atoms with Crippen molar-refractivity contribution in [2.24, 2.45) is 0 Å². The van der Waals surface area contributed by atoms with E-state index in [2.05, 4.69) is 20.4 Å². The van der Waals surface area contributed by atoms with E-state index in [1.165, 1.54) is 44.9 Å². The highest BCUT2D eigenvalue weighted by Crippen LogP contribution is 2.14. The molecule has 23 heavy (non-hydrogen) atoms. The van der Waals surface area contributed by atoms with Gasteiger partial charge in [-0.25, -0.2) is 4.79 Å². The first-order valence-corrected chi connectivity index (χ1v) is 9.17. The van der Waals surface area contributed by atoms with Crippen molar-refractivity contribution in [3.05, 3.63) is 12.7 Å². The van der Waals surface area contributed by atoms with Crippen molar-refractivity contribution in [1.82, 2.24) is 0 Å². The van der Waals surface area contributed by atoms with Crippen LogP contribution in [0.2, 0.25) is 0 Å². The second kappa shape index (κ2) is 14.7. The zero-order chi connectivity index (χ0) is 17.5. The maximum Gasteiger partial charge on any atom is 0.330 e. The third kappa shape index (κ3) is 12.2. The number of ether oxygens (including phenoxy) is 2. The Morgan fingerprint density at radius 2 is 1.74 bits per heavy atom. The third-order valence-corrected chi connectivity index (χ3v) is 4.10. The number of unbranched alkanes of at least 4 members (excludes halogenated alkanes) is 6. The van der Waals surface area contributed by atoms with E-state index < -0.39 is 18.2 Å². The highest BCUT2D eigenvalue weighted by molar-refractivity contribution is 5.81. The molecule has 0 aromatic carbocycles. The minimum absolute atomic E-state index is 0.169. The lowest BCUT2D eigenvalue weighted by Gasteiger charge is -2.22. The summed E-state index contributed by atoms with van der Waals surface area (Å²) in [6.45, 7) is 9.52. The smallest absolute Gasteiger partial charge is 0.330 e. The Balaban J connectivity index is 3.79. The molecule has 0 saturated heterocycles. The first-order chi connectivity index (χ1) is 11.0. The third-order valence-electron chi connectivity index (χ3n) is 4.10. The fourth-order valence-electron chi connectivity index (χ4n) is 2.41. The van der Waals surface area contributed by atoms with Gasteiger partial charge in [-0.1, -0.05) is 65.4 Å². The second-order valence-corrected chi connectivity index (χ2v) is 6.19. The Morgan fingerprint density at radius 1 is 1.13 bits per heavy atom. The fourth-order valence-corrected chi connectivity index (χ4v) is 2.41. The summed E-state index contributed by atoms with van der Waals surface area (Å²) in [7, 11) is 0. The standard InChI is InChI=1S/C19H36O4/c1-5-8-9-10-11-12-13-14-17(6-2)22-15-18(20)16(4)23-19(21)7-3/h7,16-18,20H,3,5-6,8-15H2,1-2,4H3. The Morgan fingerprint density at radius 3 is 2.30 bits per heavy atom. The van der Waals surface area contributed by atoms with E-state index in [4.69, 9.17) is 9.47 Å². The molecule has 0 aromatic rings. The van der Waals surface area contributed by atoms with E-state index in [0.717, 1.165) is 18.9 Å². The average molecular weight is 328 g/mol. The molecule has 0 aliphatic heterocycles. The van der Waals surface area contributed by atoms with E-state index in [1.54, 1.807) is 6.92 Å². The van der Waals surface area contributed by atoms with Gasteiger partial charge in [-0.05, 0) is 19.8 Å². The summed E-state index contributed by atoms with van der Waals surface area (Å²) < 4.78 is 10.8. The van der Waals surface area contributed by atoms with E-state index in [-0.39, 0.29) is 12.7 Å². The van der Waals surface area contributed by atoms with Gasteiger partial charge in [0.05, 0.1) is 12.7 Å². The topological polar surface area (TPSA) is 55.8 Å². The number of aliphatic hydroxyl groups excluding tert-OH is 1. The van der Waals surface area contributed by atoms with Gasteiger partial charge in [0.15, 0.2) is 0 Å². The molecular formula is C19H36O4. The van der Waals surface area contributed by atoms with Crippen LogP contribution in [0.1, 0.15) is 78.6 Å². The minimum atomic E-state index is -0.804. The Hall–Kier alpha value is -0.870. The van der Waals surface area contributed by atoms with Crippen LogP contribution in [-0.4, -0.2) is 36.0 Å². The van der Waals surface area contributed by atoms with Crippen LogP contribution in [-0.2, 0) is 14.3 Å². The number of carbonyl (C=O) groups excluding carboxylic acids is 1. The molecule has 1 N–H and O–H groups in total. The molecule has 0 saturated carbocycles. The van der Waals surface area contributed by atoms with E-state index in [1.807, 2.05) is 0 Å². The molecule has 136 valence electrons. The molecule has 0 bridgehead atoms. The van der Waals surface area contributed by atoms with Crippen molar-refractivity contribution in [3.63, 3.8) is 0 Å². The summed E-state index contributed by atoms with van der Waals surface area (Å²) in [6.07, 6.45) is 10.9. The maximum atomic E-state index is 11.1. The lowest BCUT2D eigenvalue weighted by atomic mass is 10.1. The summed E-state index contributed by atoms with van der Waals surface area (Å²) >= 11 is 0. The second-order valence-electron chi connectivity index (χ2n) is 6.19. The predicted octanol–water partition coefficient (Wildman–Crippen LogP) is 4.40. The van der Waals surface area contributed by atoms with Crippen LogP contribution in [0, 0.1) is 0 Å². The van der Waals surface area contributed by atoms with Gasteiger partial charge in [0, 0.05) is 6.08 Å². The minimum Gasteiger partial charge on any atom is -0.457 e. The van der Waals surface area contributed by atoms with E-state index in [9.17, 15) is 9.90 Å². The summed E-state index contributed by atoms with van der Waals surface area (Å²) in [6, 6.07) is 0. The van der Waals surface area contributed by atoms with Gasteiger partial charge < -0.3 is 14.6 Å². The Kier molecular flexibility index (Phi) is 14.1. The molecule has 4 heteroatoms. The molecule has 0 aromatic heterocycles. The molecule has 0 aliphatic carbocycles. The van der Waals surface area contributed by atoms with Gasteiger partial charge >= 0.3 is 5.97 Å². The van der Waals surface area contributed by atoms with Gasteiger partial charge in [-0.3, -0.25) is 0 Å². The zero-order valence-electron chi connectivity index (χ0n) is 15.3. The molecule has 3 atom stereocenters. The highest BCUT2D eigenvalue weighted by atomic mass is 16.6. The molecule has 0 rings (SSSR count). The van der Waals surface area contributed by atoms with Crippen molar-refractivity contribution in [2.75, 3.05) is 6.61 Å². The summed E-state index contributed by atoms with van der Waals surface area (Å²) in [4.78, 5) is 11.1. The van der Waals surface area contributed by atoms with Crippen LogP contribution >= 0.6 is 0 Å². The van der Waals surface area contributed by atoms with Crippen LogP contribution in [0.4, 0.5) is 0 Å². The molecule has 0 spiro atoms. The average Bonchev–Trinajstić information content (AvgIpc) is 2.56. The van der Waals surface area contributed by atoms with Crippen LogP contribution in [0.5, 0.6) is 0 Å². The van der Waals surface area contributed by atoms with Crippen molar-refractivity contribution in [2.45, 2.75) is 96.9 Å². The largest absolute Gasteiger partial charge is 0.457 e. The van der Waals surface area contributed by atoms with E-state index in [0.29, 0.717) is 0 Å². The highest BCUT2D eigenvalue weighted by Gasteiger charge is 2.19. The molecular weight excluding hydrogens is 292 g/mol. The summed E-state index contributed by atoms with van der Waals surface area (Å²) in [5.74, 6) is -0.522. The van der Waals surface area contributed by atoms with Gasteiger partial charge in [-0.15, -0.1) is 0 Å². The molecule has 3 unspecified atom stereocenters. The quantitative estimate of drug-likeness (QED) is 0.275. The molecule has 0 fully saturated rings. The van der Waals surface area contributed by atoms with Gasteiger partial charge in [0.2, 0.25) is 0 Å². The number of hydrogen-bond donors (Lipinski definition) is 1. The Labute approximate surface area is 142 Å². The normalized spacial score (nSPS) is 15.0. The number of aliphatic hydroxyl groups is 1. The van der Waals surface area contributed by atoms with Crippen LogP contribution in [0.25, 0.3) is 0 Å². The number of rotatable bonds is 15. The van der Waals surface area contributed by atoms with Crippen LogP contribution in [0.15, 0.2) is 12.7 Å². The Bertz CT molecular complexity index is 304. The molecule has 0 aliphatic rings. The first kappa shape index (κ1) is 22.1. The van der Waals surface area contributed by atoms with Crippen molar-refractivity contribution < 1.29 is 19.4 Å². The van der Waals surface area contributed by atoms with Crippen LogP contribution < -0.4 is 0 Å². The van der Waals surface area contributed by atoms with Gasteiger partial charge in [0.25, 0.3) is 0 Å². The molecule has 0 amide bonds. The van der Waals surface area contributed by atoms with E-state index >= 15 is 0 Å². The maximum absolute atomic E-state index is 11.1. The van der Waals surface area contributed by atoms with Crippen molar-refractivity contribution in [3.8, 4) is 0 Å². The number of esters is 1. The first-order valence-electron chi connectivity index (χ1n) is 9.17. The molecule has 4 nitrogen and oxygen atoms in total. The van der Waals surface area contributed by atoms with Crippen LogP contribution in [0.3, 0.4) is 0 Å². The van der Waals surface area contributed by atoms with Crippen molar-refractivity contribution in [1.29, 1.82) is 0 Å². The van der Waals surface area contributed by atoms with Gasteiger partial charge in [0.1, 0.15) is 12.2 Å². The number of hydrogen-bond acceptors (Lipinski definition) is 4. The monoisotopic (exact) mass is 328 g/mol. The summed E-state index contributed by atoms with van der Waals surface area (Å²) in [5, 5.41) is 9.96.